The standard InChI is InChI=1S/C25H23N3/c1-21(27-17-19-28(20-18-27)25-9-5-6-16-26-25)24-14-12-23(13-15-24)11-10-22-7-3-2-4-8-22/h2-9,12-16H,1,17-20H2. The Morgan fingerprint density at radius 2 is 1.39 bits per heavy atom. The SMILES string of the molecule is C=C(c1ccc(C#Cc2ccccc2)cc1)N1CCN(c2ccccn2)CC1. The zero-order chi connectivity index (χ0) is 19.2. The van der Waals surface area contributed by atoms with E-state index in [1.165, 1.54) is 0 Å². The molecule has 0 unspecified atom stereocenters. The van der Waals surface area contributed by atoms with E-state index in [0.717, 1.165) is 54.4 Å². The molecule has 1 aliphatic rings. The molecule has 0 atom stereocenters. The summed E-state index contributed by atoms with van der Waals surface area (Å²) in [7, 11) is 0. The first-order valence-corrected chi connectivity index (χ1v) is 9.57. The average Bonchev–Trinajstić information content (AvgIpc) is 2.79. The van der Waals surface area contributed by atoms with E-state index in [4.69, 9.17) is 0 Å². The van der Waals surface area contributed by atoms with Gasteiger partial charge in [0.05, 0.1) is 0 Å². The minimum atomic E-state index is 0.949. The van der Waals surface area contributed by atoms with Crippen LogP contribution in [-0.4, -0.2) is 36.1 Å². The van der Waals surface area contributed by atoms with E-state index in [1.54, 1.807) is 0 Å². The van der Waals surface area contributed by atoms with E-state index >= 15 is 0 Å². The number of piperazine rings is 1. The van der Waals surface area contributed by atoms with Gasteiger partial charge in [-0.3, -0.25) is 0 Å². The molecule has 4 rings (SSSR count). The summed E-state index contributed by atoms with van der Waals surface area (Å²) in [5.74, 6) is 7.47. The van der Waals surface area contributed by atoms with Crippen molar-refractivity contribution in [2.45, 2.75) is 0 Å². The number of hydrogen-bond donors (Lipinski definition) is 0. The van der Waals surface area contributed by atoms with E-state index in [1.807, 2.05) is 48.7 Å². The van der Waals surface area contributed by atoms with Crippen molar-refractivity contribution >= 4 is 11.5 Å². The van der Waals surface area contributed by atoms with Crippen molar-refractivity contribution in [1.82, 2.24) is 9.88 Å². The number of rotatable bonds is 3. The predicted octanol–water partition coefficient (Wildman–Crippen LogP) is 4.27. The molecule has 1 aliphatic heterocycles. The van der Waals surface area contributed by atoms with E-state index in [0.29, 0.717) is 0 Å². The minimum absolute atomic E-state index is 0.949. The minimum Gasteiger partial charge on any atom is -0.368 e. The first-order valence-electron chi connectivity index (χ1n) is 9.57. The predicted molar refractivity (Wildman–Crippen MR) is 116 cm³/mol. The highest BCUT2D eigenvalue weighted by atomic mass is 15.3. The summed E-state index contributed by atoms with van der Waals surface area (Å²) in [6.45, 7) is 8.13. The number of hydrogen-bond acceptors (Lipinski definition) is 3. The average molecular weight is 365 g/mol. The number of anilines is 1. The quantitative estimate of drug-likeness (QED) is 0.646. The number of nitrogens with zero attached hydrogens (tertiary/aromatic N) is 3. The Morgan fingerprint density at radius 3 is 2.04 bits per heavy atom. The lowest BCUT2D eigenvalue weighted by molar-refractivity contribution is 0.367. The van der Waals surface area contributed by atoms with Crippen LogP contribution in [-0.2, 0) is 0 Å². The van der Waals surface area contributed by atoms with Gasteiger partial charge in [-0.05, 0) is 42.0 Å². The van der Waals surface area contributed by atoms with Crippen molar-refractivity contribution in [2.24, 2.45) is 0 Å². The van der Waals surface area contributed by atoms with E-state index in [9.17, 15) is 0 Å². The summed E-state index contributed by atoms with van der Waals surface area (Å²) >= 11 is 0. The summed E-state index contributed by atoms with van der Waals surface area (Å²) in [6.07, 6.45) is 1.85. The highest BCUT2D eigenvalue weighted by Gasteiger charge is 2.19. The third kappa shape index (κ3) is 4.24. The van der Waals surface area contributed by atoms with Crippen LogP contribution in [0.2, 0.25) is 0 Å². The molecule has 0 N–H and O–H groups in total. The lowest BCUT2D eigenvalue weighted by Gasteiger charge is -2.37. The summed E-state index contributed by atoms with van der Waals surface area (Å²) in [4.78, 5) is 9.13. The summed E-state index contributed by atoms with van der Waals surface area (Å²) in [5, 5.41) is 0. The van der Waals surface area contributed by atoms with Crippen LogP contribution >= 0.6 is 0 Å². The smallest absolute Gasteiger partial charge is 0.128 e. The molecule has 3 nitrogen and oxygen atoms in total. The Hall–Kier alpha value is -3.51. The van der Waals surface area contributed by atoms with Crippen molar-refractivity contribution in [3.05, 3.63) is 102 Å². The fourth-order valence-electron chi connectivity index (χ4n) is 3.34. The molecule has 1 saturated heterocycles. The van der Waals surface area contributed by atoms with Gasteiger partial charge in [-0.2, -0.15) is 0 Å². The molecule has 0 spiro atoms. The van der Waals surface area contributed by atoms with Crippen molar-refractivity contribution in [3.8, 4) is 11.8 Å². The molecule has 0 saturated carbocycles. The van der Waals surface area contributed by atoms with Gasteiger partial charge in [0.25, 0.3) is 0 Å². The van der Waals surface area contributed by atoms with Gasteiger partial charge < -0.3 is 9.80 Å². The Bertz CT molecular complexity index is 975. The summed E-state index contributed by atoms with van der Waals surface area (Å²) in [6, 6.07) is 24.5. The third-order valence-electron chi connectivity index (χ3n) is 4.98. The van der Waals surface area contributed by atoms with Gasteiger partial charge in [0.15, 0.2) is 0 Å². The van der Waals surface area contributed by atoms with Gasteiger partial charge in [-0.25, -0.2) is 4.98 Å². The van der Waals surface area contributed by atoms with Crippen LogP contribution in [0.5, 0.6) is 0 Å². The van der Waals surface area contributed by atoms with Crippen molar-refractivity contribution in [1.29, 1.82) is 0 Å². The number of aromatic nitrogens is 1. The maximum Gasteiger partial charge on any atom is 0.128 e. The van der Waals surface area contributed by atoms with Crippen LogP contribution in [0.4, 0.5) is 5.82 Å². The molecule has 0 bridgehead atoms. The fraction of sp³-hybridized carbons (Fsp3) is 0.160. The van der Waals surface area contributed by atoms with E-state index in [2.05, 4.69) is 63.5 Å². The van der Waals surface area contributed by atoms with Crippen LogP contribution < -0.4 is 4.90 Å². The zero-order valence-electron chi connectivity index (χ0n) is 15.9. The molecule has 2 heterocycles. The fourth-order valence-corrected chi connectivity index (χ4v) is 3.34. The van der Waals surface area contributed by atoms with Gasteiger partial charge in [-0.1, -0.05) is 54.8 Å². The van der Waals surface area contributed by atoms with Gasteiger partial charge in [-0.15, -0.1) is 0 Å². The zero-order valence-corrected chi connectivity index (χ0v) is 15.9. The number of pyridine rings is 1. The van der Waals surface area contributed by atoms with E-state index < -0.39 is 0 Å². The lowest BCUT2D eigenvalue weighted by atomic mass is 10.1. The topological polar surface area (TPSA) is 19.4 Å². The molecule has 0 aliphatic carbocycles. The lowest BCUT2D eigenvalue weighted by Crippen LogP contribution is -2.45. The van der Waals surface area contributed by atoms with Gasteiger partial charge >= 0.3 is 0 Å². The van der Waals surface area contributed by atoms with E-state index in [-0.39, 0.29) is 0 Å². The highest BCUT2D eigenvalue weighted by Crippen LogP contribution is 2.21. The normalized spacial score (nSPS) is 13.6. The Labute approximate surface area is 167 Å². The molecular weight excluding hydrogens is 342 g/mol. The monoisotopic (exact) mass is 365 g/mol. The second-order valence-electron chi connectivity index (χ2n) is 6.80. The maximum atomic E-state index is 4.45. The van der Waals surface area contributed by atoms with Crippen LogP contribution in [0.3, 0.4) is 0 Å². The first-order chi connectivity index (χ1) is 13.8. The molecule has 3 aromatic rings. The van der Waals surface area contributed by atoms with Crippen molar-refractivity contribution in [2.75, 3.05) is 31.1 Å². The molecule has 138 valence electrons. The number of benzene rings is 2. The van der Waals surface area contributed by atoms with Crippen LogP contribution in [0.25, 0.3) is 5.70 Å². The molecule has 28 heavy (non-hydrogen) atoms. The van der Waals surface area contributed by atoms with Gasteiger partial charge in [0.2, 0.25) is 0 Å². The molecular formula is C25H23N3. The summed E-state index contributed by atoms with van der Waals surface area (Å²) < 4.78 is 0. The second kappa shape index (κ2) is 8.45. The Balaban J connectivity index is 1.37. The Kier molecular flexibility index (Phi) is 5.40. The molecule has 3 heteroatoms. The van der Waals surface area contributed by atoms with Gasteiger partial charge in [0.1, 0.15) is 5.82 Å². The largest absolute Gasteiger partial charge is 0.368 e. The second-order valence-corrected chi connectivity index (χ2v) is 6.80. The Morgan fingerprint density at radius 1 is 0.750 bits per heavy atom. The van der Waals surface area contributed by atoms with Crippen molar-refractivity contribution < 1.29 is 0 Å². The van der Waals surface area contributed by atoms with Crippen molar-refractivity contribution in [3.63, 3.8) is 0 Å². The molecule has 1 fully saturated rings. The molecule has 0 amide bonds. The summed E-state index contributed by atoms with van der Waals surface area (Å²) in [5.41, 5.74) is 4.27. The van der Waals surface area contributed by atoms with Gasteiger partial charge in [0, 0.05) is 49.2 Å². The van der Waals surface area contributed by atoms with Crippen LogP contribution in [0.15, 0.2) is 85.6 Å². The van der Waals surface area contributed by atoms with Crippen LogP contribution in [0.1, 0.15) is 16.7 Å². The maximum absolute atomic E-state index is 4.45. The molecule has 0 radical (unpaired) electrons. The third-order valence-corrected chi connectivity index (χ3v) is 4.98. The van der Waals surface area contributed by atoms with Crippen LogP contribution in [0, 0.1) is 11.8 Å². The molecule has 2 aromatic carbocycles. The first kappa shape index (κ1) is 17.9. The highest BCUT2D eigenvalue weighted by molar-refractivity contribution is 5.63. The molecule has 1 aromatic heterocycles.